The Balaban J connectivity index is 2.23. The Bertz CT molecular complexity index is 455. The van der Waals surface area contributed by atoms with Gasteiger partial charge in [0.25, 0.3) is 0 Å². The summed E-state index contributed by atoms with van der Waals surface area (Å²) in [7, 11) is 1.99. The van der Waals surface area contributed by atoms with Crippen LogP contribution in [-0.4, -0.2) is 26.2 Å². The fraction of sp³-hybridized carbons (Fsp3) is 0.533. The minimum absolute atomic E-state index is 0.301. The number of ether oxygens (including phenoxy) is 1. The molecule has 0 unspecified atom stereocenters. The van der Waals surface area contributed by atoms with Crippen molar-refractivity contribution in [3.05, 3.63) is 23.8 Å². The normalized spacial score (nSPS) is 14.8. The number of carbonyl (C=O) groups is 1. The SMILES string of the molecule is CCOC(=O)c1cccc(N)c1N(C)CC1CCC1. The van der Waals surface area contributed by atoms with Gasteiger partial charge in [-0.15, -0.1) is 0 Å². The smallest absolute Gasteiger partial charge is 0.340 e. The van der Waals surface area contributed by atoms with E-state index in [2.05, 4.69) is 4.90 Å². The van der Waals surface area contributed by atoms with Gasteiger partial charge in [0.15, 0.2) is 0 Å². The number of carbonyl (C=O) groups excluding carboxylic acids is 1. The quantitative estimate of drug-likeness (QED) is 0.654. The number of nitrogen functional groups attached to an aromatic ring is 1. The van der Waals surface area contributed by atoms with Gasteiger partial charge in [0.1, 0.15) is 0 Å². The molecule has 0 heterocycles. The molecular formula is C15H22N2O2. The highest BCUT2D eigenvalue weighted by Crippen LogP contribution is 2.32. The molecule has 0 atom stereocenters. The van der Waals surface area contributed by atoms with Gasteiger partial charge in [-0.25, -0.2) is 4.79 Å². The van der Waals surface area contributed by atoms with Crippen LogP contribution in [0.1, 0.15) is 36.5 Å². The van der Waals surface area contributed by atoms with E-state index < -0.39 is 0 Å². The third-order valence-electron chi connectivity index (χ3n) is 3.70. The second-order valence-corrected chi connectivity index (χ2v) is 5.14. The van der Waals surface area contributed by atoms with Crippen LogP contribution in [0.3, 0.4) is 0 Å². The van der Waals surface area contributed by atoms with E-state index in [1.807, 2.05) is 20.0 Å². The van der Waals surface area contributed by atoms with E-state index >= 15 is 0 Å². The van der Waals surface area contributed by atoms with E-state index in [1.165, 1.54) is 19.3 Å². The fourth-order valence-corrected chi connectivity index (χ4v) is 2.51. The molecule has 0 aromatic heterocycles. The van der Waals surface area contributed by atoms with Crippen LogP contribution in [0.5, 0.6) is 0 Å². The number of rotatable bonds is 5. The summed E-state index contributed by atoms with van der Waals surface area (Å²) < 4.78 is 5.10. The van der Waals surface area contributed by atoms with E-state index in [4.69, 9.17) is 10.5 Å². The summed E-state index contributed by atoms with van der Waals surface area (Å²) in [6.07, 6.45) is 3.85. The predicted molar refractivity (Wildman–Crippen MR) is 77.4 cm³/mol. The first-order valence-electron chi connectivity index (χ1n) is 6.90. The summed E-state index contributed by atoms with van der Waals surface area (Å²) in [6.45, 7) is 3.13. The maximum atomic E-state index is 12.0. The maximum absolute atomic E-state index is 12.0. The zero-order valence-corrected chi connectivity index (χ0v) is 11.7. The first-order chi connectivity index (χ1) is 9.13. The van der Waals surface area contributed by atoms with Crippen LogP contribution in [0.2, 0.25) is 0 Å². The molecule has 1 fully saturated rings. The lowest BCUT2D eigenvalue weighted by Gasteiger charge is -2.32. The highest BCUT2D eigenvalue weighted by molar-refractivity contribution is 5.99. The van der Waals surface area contributed by atoms with E-state index in [0.29, 0.717) is 17.9 Å². The van der Waals surface area contributed by atoms with Crippen LogP contribution in [0, 0.1) is 5.92 Å². The molecule has 0 spiro atoms. The van der Waals surface area contributed by atoms with Crippen molar-refractivity contribution < 1.29 is 9.53 Å². The third-order valence-corrected chi connectivity index (χ3v) is 3.70. The first kappa shape index (κ1) is 13.7. The fourth-order valence-electron chi connectivity index (χ4n) is 2.51. The predicted octanol–water partition coefficient (Wildman–Crippen LogP) is 2.68. The van der Waals surface area contributed by atoms with Crippen molar-refractivity contribution >= 4 is 17.3 Å². The average molecular weight is 262 g/mol. The maximum Gasteiger partial charge on any atom is 0.340 e. The van der Waals surface area contributed by atoms with Crippen molar-refractivity contribution in [3.63, 3.8) is 0 Å². The minimum atomic E-state index is -0.301. The number of para-hydroxylation sites is 1. The van der Waals surface area contributed by atoms with Crippen LogP contribution < -0.4 is 10.6 Å². The van der Waals surface area contributed by atoms with E-state index in [-0.39, 0.29) is 5.97 Å². The Morgan fingerprint density at radius 3 is 2.79 bits per heavy atom. The van der Waals surface area contributed by atoms with E-state index in [1.54, 1.807) is 12.1 Å². The van der Waals surface area contributed by atoms with Crippen LogP contribution in [0.4, 0.5) is 11.4 Å². The van der Waals surface area contributed by atoms with Crippen molar-refractivity contribution in [3.8, 4) is 0 Å². The zero-order chi connectivity index (χ0) is 13.8. The number of nitrogens with zero attached hydrogens (tertiary/aromatic N) is 1. The molecule has 0 amide bonds. The number of hydrogen-bond acceptors (Lipinski definition) is 4. The van der Waals surface area contributed by atoms with Crippen molar-refractivity contribution in [1.82, 2.24) is 0 Å². The van der Waals surface area contributed by atoms with Crippen LogP contribution in [0.25, 0.3) is 0 Å². The monoisotopic (exact) mass is 262 g/mol. The largest absolute Gasteiger partial charge is 0.462 e. The van der Waals surface area contributed by atoms with Gasteiger partial charge in [0.2, 0.25) is 0 Å². The molecule has 2 rings (SSSR count). The molecule has 0 aliphatic heterocycles. The molecule has 0 radical (unpaired) electrons. The van der Waals surface area contributed by atoms with Gasteiger partial charge in [-0.05, 0) is 37.8 Å². The standard InChI is InChI=1S/C15H22N2O2/c1-3-19-15(18)12-8-5-9-13(16)14(12)17(2)10-11-6-4-7-11/h5,8-9,11H,3-4,6-7,10,16H2,1-2H3. The van der Waals surface area contributed by atoms with Gasteiger partial charge in [-0.1, -0.05) is 12.5 Å². The second kappa shape index (κ2) is 5.95. The lowest BCUT2D eigenvalue weighted by atomic mass is 9.85. The van der Waals surface area contributed by atoms with E-state index in [9.17, 15) is 4.79 Å². The van der Waals surface area contributed by atoms with Gasteiger partial charge in [0.05, 0.1) is 23.5 Å². The summed E-state index contributed by atoms with van der Waals surface area (Å²) >= 11 is 0. The van der Waals surface area contributed by atoms with Crippen LogP contribution in [0.15, 0.2) is 18.2 Å². The molecule has 2 N–H and O–H groups in total. The molecule has 1 aromatic rings. The molecule has 0 saturated heterocycles. The van der Waals surface area contributed by atoms with Gasteiger partial charge < -0.3 is 15.4 Å². The lowest BCUT2D eigenvalue weighted by molar-refractivity contribution is 0.0527. The molecule has 0 bridgehead atoms. The average Bonchev–Trinajstić information content (AvgIpc) is 2.33. The Kier molecular flexibility index (Phi) is 4.30. The first-order valence-corrected chi connectivity index (χ1v) is 6.90. The Labute approximate surface area is 114 Å². The van der Waals surface area contributed by atoms with Crippen LogP contribution in [-0.2, 0) is 4.74 Å². The van der Waals surface area contributed by atoms with Gasteiger partial charge in [-0.3, -0.25) is 0 Å². The third kappa shape index (κ3) is 3.00. The van der Waals surface area contributed by atoms with Crippen LogP contribution >= 0.6 is 0 Å². The topological polar surface area (TPSA) is 55.6 Å². The lowest BCUT2D eigenvalue weighted by Crippen LogP contribution is -2.31. The molecule has 104 valence electrons. The minimum Gasteiger partial charge on any atom is -0.462 e. The zero-order valence-electron chi connectivity index (χ0n) is 11.7. The van der Waals surface area contributed by atoms with Gasteiger partial charge >= 0.3 is 5.97 Å². The number of benzene rings is 1. The Morgan fingerprint density at radius 2 is 2.21 bits per heavy atom. The second-order valence-electron chi connectivity index (χ2n) is 5.14. The molecule has 19 heavy (non-hydrogen) atoms. The summed E-state index contributed by atoms with van der Waals surface area (Å²) in [5.41, 5.74) is 8.03. The molecule has 1 aromatic carbocycles. The Hall–Kier alpha value is -1.71. The van der Waals surface area contributed by atoms with Gasteiger partial charge in [0, 0.05) is 13.6 Å². The molecule has 1 saturated carbocycles. The highest BCUT2D eigenvalue weighted by Gasteiger charge is 2.23. The molecule has 4 nitrogen and oxygen atoms in total. The summed E-state index contributed by atoms with van der Waals surface area (Å²) in [5, 5.41) is 0. The number of hydrogen-bond donors (Lipinski definition) is 1. The molecule has 1 aliphatic rings. The van der Waals surface area contributed by atoms with Crippen molar-refractivity contribution in [1.29, 1.82) is 0 Å². The summed E-state index contributed by atoms with van der Waals surface area (Å²) in [5.74, 6) is 0.421. The summed E-state index contributed by atoms with van der Waals surface area (Å²) in [4.78, 5) is 14.1. The van der Waals surface area contributed by atoms with E-state index in [0.717, 1.165) is 18.2 Å². The molecule has 1 aliphatic carbocycles. The van der Waals surface area contributed by atoms with Crippen molar-refractivity contribution in [2.24, 2.45) is 5.92 Å². The number of anilines is 2. The van der Waals surface area contributed by atoms with Gasteiger partial charge in [-0.2, -0.15) is 0 Å². The molecular weight excluding hydrogens is 240 g/mol. The molecule has 4 heteroatoms. The number of esters is 1. The highest BCUT2D eigenvalue weighted by atomic mass is 16.5. The van der Waals surface area contributed by atoms with Crippen molar-refractivity contribution in [2.75, 3.05) is 30.8 Å². The Morgan fingerprint density at radius 1 is 1.47 bits per heavy atom. The van der Waals surface area contributed by atoms with Crippen molar-refractivity contribution in [2.45, 2.75) is 26.2 Å². The summed E-state index contributed by atoms with van der Waals surface area (Å²) in [6, 6.07) is 5.40. The number of nitrogens with two attached hydrogens (primary N) is 1.